The van der Waals surface area contributed by atoms with Crippen molar-refractivity contribution < 1.29 is 0 Å². The summed E-state index contributed by atoms with van der Waals surface area (Å²) in [5.74, 6) is 0.815. The lowest BCUT2D eigenvalue weighted by molar-refractivity contribution is 0.305. The lowest BCUT2D eigenvalue weighted by Crippen LogP contribution is -2.46. The highest BCUT2D eigenvalue weighted by Gasteiger charge is 2.85. The average Bonchev–Trinajstić information content (AvgIpc) is 2.97. The maximum Gasteiger partial charge on any atom is 0.166 e. The molecular weight excluding hydrogens is 357 g/mol. The molecule has 0 aromatic heterocycles. The van der Waals surface area contributed by atoms with E-state index in [1.54, 1.807) is 0 Å². The molecule has 0 aliphatic heterocycles. The molecule has 4 aliphatic rings. The molecule has 4 aliphatic carbocycles. The van der Waals surface area contributed by atoms with Crippen molar-refractivity contribution in [3.05, 3.63) is 22.2 Å². The van der Waals surface area contributed by atoms with Crippen LogP contribution in [0.4, 0.5) is 0 Å². The number of hydrogen-bond acceptors (Lipinski definition) is 0. The topological polar surface area (TPSA) is 0 Å². The van der Waals surface area contributed by atoms with Gasteiger partial charge in [0.25, 0.3) is 0 Å². The molecular formula is C12H8Cl6. The Bertz CT molecular complexity index is 481. The minimum Gasteiger partial charge on any atom is -0.109 e. The first-order chi connectivity index (χ1) is 8.28. The third kappa shape index (κ3) is 0.973. The maximum absolute atomic E-state index is 6.76. The molecule has 0 nitrogen and oxygen atoms in total. The zero-order valence-corrected chi connectivity index (χ0v) is 13.5. The summed E-state index contributed by atoms with van der Waals surface area (Å²) >= 11 is 39.2. The van der Waals surface area contributed by atoms with Crippen LogP contribution >= 0.6 is 69.6 Å². The summed E-state index contributed by atoms with van der Waals surface area (Å²) in [6.45, 7) is 0. The lowest BCUT2D eigenvalue weighted by atomic mass is 9.75. The van der Waals surface area contributed by atoms with Gasteiger partial charge in [-0.2, -0.15) is 0 Å². The van der Waals surface area contributed by atoms with Crippen LogP contribution in [0.2, 0.25) is 0 Å². The van der Waals surface area contributed by atoms with E-state index in [9.17, 15) is 0 Å². The molecule has 0 N–H and O–H groups in total. The van der Waals surface area contributed by atoms with Gasteiger partial charge in [-0.3, -0.25) is 0 Å². The van der Waals surface area contributed by atoms with E-state index in [2.05, 4.69) is 12.2 Å². The Morgan fingerprint density at radius 3 is 1.61 bits per heavy atom. The smallest absolute Gasteiger partial charge is 0.109 e. The predicted octanol–water partition coefficient (Wildman–Crippen LogP) is 5.27. The van der Waals surface area contributed by atoms with Crippen molar-refractivity contribution in [2.24, 2.45) is 23.7 Å². The van der Waals surface area contributed by atoms with Crippen LogP contribution in [-0.2, 0) is 0 Å². The molecule has 2 fully saturated rings. The van der Waals surface area contributed by atoms with Crippen LogP contribution < -0.4 is 0 Å². The van der Waals surface area contributed by atoms with Crippen LogP contribution in [0.25, 0.3) is 0 Å². The van der Waals surface area contributed by atoms with Crippen molar-refractivity contribution >= 4 is 69.6 Å². The monoisotopic (exact) mass is 362 g/mol. The number of alkyl halides is 4. The quantitative estimate of drug-likeness (QED) is 0.312. The number of hydrogen-bond donors (Lipinski definition) is 0. The van der Waals surface area contributed by atoms with E-state index in [0.29, 0.717) is 21.9 Å². The SMILES string of the molecule is ClC1=C(Cl)[C@@]2(Cl)[C@H]3[C@@H]([C@@H]4C=C[C@H]3C4)[C@@]1(Cl)C2(Cl)Cl. The van der Waals surface area contributed by atoms with E-state index < -0.39 is 14.1 Å². The predicted molar refractivity (Wildman–Crippen MR) is 78.1 cm³/mol. The standard InChI is InChI=1S/C12H8Cl6/c13-8-9(14)11(16)7-5-2-1-4(3-5)6(7)10(8,15)12(11,17)18/h1-2,4-7H,3H2/t4-,5+,6-,7-,10+,11+/m1/s1. The Morgan fingerprint density at radius 2 is 1.22 bits per heavy atom. The highest BCUT2D eigenvalue weighted by molar-refractivity contribution is 6.65. The Labute approximate surface area is 135 Å². The molecule has 18 heavy (non-hydrogen) atoms. The summed E-state index contributed by atoms with van der Waals surface area (Å²) in [6.07, 6.45) is 5.40. The van der Waals surface area contributed by atoms with Gasteiger partial charge in [-0.05, 0) is 30.1 Å². The fourth-order valence-corrected chi connectivity index (χ4v) is 7.61. The van der Waals surface area contributed by atoms with Crippen molar-refractivity contribution in [1.29, 1.82) is 0 Å². The number of fused-ring (bicyclic) bond motifs is 9. The van der Waals surface area contributed by atoms with E-state index in [4.69, 9.17) is 69.6 Å². The molecule has 0 saturated heterocycles. The second kappa shape index (κ2) is 3.34. The molecule has 0 spiro atoms. The number of rotatable bonds is 0. The normalized spacial score (nSPS) is 58.8. The second-order valence-corrected chi connectivity index (χ2v) is 8.90. The minimum atomic E-state index is -1.37. The van der Waals surface area contributed by atoms with Gasteiger partial charge in [0, 0.05) is 0 Å². The largest absolute Gasteiger partial charge is 0.166 e. The first-order valence-corrected chi connectivity index (χ1v) is 8.05. The lowest BCUT2D eigenvalue weighted by Gasteiger charge is -2.37. The molecule has 0 heterocycles. The third-order valence-corrected chi connectivity index (χ3v) is 9.42. The third-order valence-electron chi connectivity index (χ3n) is 5.12. The van der Waals surface area contributed by atoms with E-state index in [0.717, 1.165) is 6.42 Å². The average molecular weight is 365 g/mol. The highest BCUT2D eigenvalue weighted by Crippen LogP contribution is 2.81. The Morgan fingerprint density at radius 1 is 0.833 bits per heavy atom. The highest BCUT2D eigenvalue weighted by atomic mass is 35.5. The summed E-state index contributed by atoms with van der Waals surface area (Å²) in [4.78, 5) is -2.13. The first-order valence-electron chi connectivity index (χ1n) is 5.78. The van der Waals surface area contributed by atoms with Crippen molar-refractivity contribution in [1.82, 2.24) is 0 Å². The summed E-state index contributed by atoms with van der Waals surface area (Å²) in [5.41, 5.74) is 0. The summed E-state index contributed by atoms with van der Waals surface area (Å²) in [5, 5.41) is 0.654. The van der Waals surface area contributed by atoms with Crippen LogP contribution in [-0.4, -0.2) is 14.1 Å². The van der Waals surface area contributed by atoms with Crippen LogP contribution in [0.5, 0.6) is 0 Å². The van der Waals surface area contributed by atoms with Gasteiger partial charge in [0.15, 0.2) is 4.33 Å². The Hall–Kier alpha value is 1.22. The molecule has 0 amide bonds. The van der Waals surface area contributed by atoms with Crippen LogP contribution in [0.15, 0.2) is 22.2 Å². The van der Waals surface area contributed by atoms with Gasteiger partial charge in [0.1, 0.15) is 9.75 Å². The van der Waals surface area contributed by atoms with Crippen molar-refractivity contribution in [2.45, 2.75) is 20.5 Å². The van der Waals surface area contributed by atoms with Gasteiger partial charge in [0.2, 0.25) is 0 Å². The molecule has 0 aromatic carbocycles. The van der Waals surface area contributed by atoms with Gasteiger partial charge in [-0.15, -0.1) is 23.2 Å². The van der Waals surface area contributed by atoms with E-state index in [1.165, 1.54) is 0 Å². The van der Waals surface area contributed by atoms with Gasteiger partial charge in [-0.1, -0.05) is 58.6 Å². The molecule has 6 atom stereocenters. The van der Waals surface area contributed by atoms with Gasteiger partial charge in [0.05, 0.1) is 10.1 Å². The zero-order chi connectivity index (χ0) is 13.1. The Kier molecular flexibility index (Phi) is 2.40. The van der Waals surface area contributed by atoms with Crippen LogP contribution in [0.3, 0.4) is 0 Å². The molecule has 0 unspecified atom stereocenters. The second-order valence-electron chi connectivity index (χ2n) is 5.63. The van der Waals surface area contributed by atoms with E-state index in [1.807, 2.05) is 0 Å². The van der Waals surface area contributed by atoms with E-state index >= 15 is 0 Å². The molecule has 0 aromatic rings. The van der Waals surface area contributed by atoms with Crippen LogP contribution in [0.1, 0.15) is 6.42 Å². The molecule has 4 rings (SSSR count). The minimum absolute atomic E-state index is 0.0664. The van der Waals surface area contributed by atoms with Gasteiger partial charge in [-0.25, -0.2) is 0 Å². The van der Waals surface area contributed by atoms with Crippen LogP contribution in [0, 0.1) is 23.7 Å². The first kappa shape index (κ1) is 12.9. The Balaban J connectivity index is 2.03. The number of halogens is 6. The summed E-state index contributed by atoms with van der Waals surface area (Å²) < 4.78 is -1.37. The molecule has 98 valence electrons. The van der Waals surface area contributed by atoms with Crippen molar-refractivity contribution in [3.63, 3.8) is 0 Å². The molecule has 2 saturated carbocycles. The maximum atomic E-state index is 6.76. The molecule has 0 radical (unpaired) electrons. The molecule has 6 heteroatoms. The van der Waals surface area contributed by atoms with Crippen molar-refractivity contribution in [3.8, 4) is 0 Å². The zero-order valence-electron chi connectivity index (χ0n) is 8.94. The van der Waals surface area contributed by atoms with E-state index in [-0.39, 0.29) is 11.8 Å². The van der Waals surface area contributed by atoms with Gasteiger partial charge < -0.3 is 0 Å². The fraction of sp³-hybridized carbons (Fsp3) is 0.667. The van der Waals surface area contributed by atoms with Crippen molar-refractivity contribution in [2.75, 3.05) is 0 Å². The van der Waals surface area contributed by atoms with Gasteiger partial charge >= 0.3 is 0 Å². The summed E-state index contributed by atoms with van der Waals surface area (Å²) in [7, 11) is 0. The summed E-state index contributed by atoms with van der Waals surface area (Å²) in [6, 6.07) is 0. The fourth-order valence-electron chi connectivity index (χ4n) is 4.48. The molecule has 4 bridgehead atoms. The number of allylic oxidation sites excluding steroid dienone is 4.